The molecule has 0 aromatic carbocycles. The Morgan fingerprint density at radius 1 is 1.54 bits per heavy atom. The minimum atomic E-state index is -1.00. The van der Waals surface area contributed by atoms with Gasteiger partial charge in [0.25, 0.3) is 0 Å². The summed E-state index contributed by atoms with van der Waals surface area (Å²) in [6.07, 6.45) is 3.30. The number of hydrogen-bond acceptors (Lipinski definition) is 2. The molecule has 0 aliphatic rings. The Balaban J connectivity index is 0.000000845. The van der Waals surface area contributed by atoms with Crippen LogP contribution in [-0.4, -0.2) is 20.5 Å². The number of nitrogens with zero attached hydrogens (tertiary/aromatic N) is 2. The highest BCUT2D eigenvalue weighted by Gasteiger charge is 2.03. The van der Waals surface area contributed by atoms with Crippen LogP contribution in [0.4, 0.5) is 0 Å². The van der Waals surface area contributed by atoms with Crippen LogP contribution in [0.2, 0.25) is 0 Å². The summed E-state index contributed by atoms with van der Waals surface area (Å²) in [6.45, 7) is 0. The first-order valence-corrected chi connectivity index (χ1v) is 3.43. The monoisotopic (exact) mass is 198 g/mol. The van der Waals surface area contributed by atoms with E-state index in [1.165, 1.54) is 12.4 Å². The molecule has 5 heteroatoms. The highest BCUT2D eigenvalue weighted by molar-refractivity contribution is 5.86. The van der Waals surface area contributed by atoms with E-state index in [-0.39, 0.29) is 18.1 Å². The number of carboxylic acids is 1. The largest absolute Gasteiger partial charge is 0.477 e. The van der Waals surface area contributed by atoms with Crippen LogP contribution in [0.3, 0.4) is 0 Å². The highest BCUT2D eigenvalue weighted by atomic mass is 35.5. The molecule has 0 aliphatic carbocycles. The zero-order valence-electron chi connectivity index (χ0n) is 6.54. The Labute approximate surface area is 80.2 Å². The highest BCUT2D eigenvalue weighted by Crippen LogP contribution is 2.04. The molecular weight excluding hydrogens is 192 g/mol. The second kappa shape index (κ2) is 3.45. The Morgan fingerprint density at radius 2 is 2.31 bits per heavy atom. The Hall–Kier alpha value is -1.55. The van der Waals surface area contributed by atoms with E-state index in [1.54, 1.807) is 4.40 Å². The molecule has 0 unspecified atom stereocenters. The average Bonchev–Trinajstić information content (AvgIpc) is 2.49. The maximum atomic E-state index is 10.5. The van der Waals surface area contributed by atoms with Crippen LogP contribution in [-0.2, 0) is 0 Å². The fourth-order valence-electron chi connectivity index (χ4n) is 1.05. The van der Waals surface area contributed by atoms with Gasteiger partial charge in [-0.1, -0.05) is 0 Å². The zero-order chi connectivity index (χ0) is 8.55. The standard InChI is InChI=1S/C8H6N2O2.ClH/c11-8(12)7-4-6-2-1-3-10(6)5-9-7;/h1-5H,(H,11,12);1H. The van der Waals surface area contributed by atoms with Gasteiger partial charge in [0, 0.05) is 11.7 Å². The van der Waals surface area contributed by atoms with Crippen LogP contribution >= 0.6 is 12.4 Å². The maximum absolute atomic E-state index is 10.5. The SMILES string of the molecule is Cl.O=C(O)c1cc2cccn2cn1. The topological polar surface area (TPSA) is 54.6 Å². The third-order valence-electron chi connectivity index (χ3n) is 1.64. The fourth-order valence-corrected chi connectivity index (χ4v) is 1.05. The number of aromatic carboxylic acids is 1. The minimum absolute atomic E-state index is 0. The van der Waals surface area contributed by atoms with Gasteiger partial charge in [-0.3, -0.25) is 0 Å². The number of carboxylic acid groups (broad SMARTS) is 1. The molecule has 13 heavy (non-hydrogen) atoms. The third kappa shape index (κ3) is 1.62. The summed E-state index contributed by atoms with van der Waals surface area (Å²) in [6, 6.07) is 5.19. The molecule has 68 valence electrons. The van der Waals surface area contributed by atoms with E-state index < -0.39 is 5.97 Å². The second-order valence-corrected chi connectivity index (χ2v) is 2.42. The van der Waals surface area contributed by atoms with E-state index in [1.807, 2.05) is 18.3 Å². The molecule has 0 bridgehead atoms. The van der Waals surface area contributed by atoms with Crippen LogP contribution in [0.25, 0.3) is 5.52 Å². The van der Waals surface area contributed by atoms with Crippen molar-refractivity contribution in [1.29, 1.82) is 0 Å². The van der Waals surface area contributed by atoms with Crippen LogP contribution in [0, 0.1) is 0 Å². The second-order valence-electron chi connectivity index (χ2n) is 2.42. The van der Waals surface area contributed by atoms with Crippen molar-refractivity contribution in [1.82, 2.24) is 9.38 Å². The number of rotatable bonds is 1. The van der Waals surface area contributed by atoms with Gasteiger partial charge in [0.05, 0.1) is 0 Å². The van der Waals surface area contributed by atoms with Crippen molar-refractivity contribution < 1.29 is 9.90 Å². The Kier molecular flexibility index (Phi) is 2.53. The minimum Gasteiger partial charge on any atom is -0.477 e. The van der Waals surface area contributed by atoms with Gasteiger partial charge in [-0.15, -0.1) is 12.4 Å². The molecule has 2 heterocycles. The molecule has 1 N–H and O–H groups in total. The number of fused-ring (bicyclic) bond motifs is 1. The first-order valence-electron chi connectivity index (χ1n) is 3.43. The summed E-state index contributed by atoms with van der Waals surface area (Å²) >= 11 is 0. The lowest BCUT2D eigenvalue weighted by molar-refractivity contribution is 0.0690. The van der Waals surface area contributed by atoms with Crippen molar-refractivity contribution in [2.45, 2.75) is 0 Å². The van der Waals surface area contributed by atoms with E-state index >= 15 is 0 Å². The summed E-state index contributed by atoms with van der Waals surface area (Å²) in [5.41, 5.74) is 0.906. The molecule has 0 spiro atoms. The summed E-state index contributed by atoms with van der Waals surface area (Å²) in [4.78, 5) is 14.2. The third-order valence-corrected chi connectivity index (χ3v) is 1.64. The van der Waals surface area contributed by atoms with Crippen molar-refractivity contribution in [2.24, 2.45) is 0 Å². The predicted octanol–water partition coefficient (Wildman–Crippen LogP) is 1.45. The van der Waals surface area contributed by atoms with Crippen molar-refractivity contribution in [3.8, 4) is 0 Å². The van der Waals surface area contributed by atoms with Crippen LogP contribution in [0.15, 0.2) is 30.7 Å². The number of aromatic nitrogens is 2. The van der Waals surface area contributed by atoms with Crippen LogP contribution < -0.4 is 0 Å². The Morgan fingerprint density at radius 3 is 3.00 bits per heavy atom. The molecule has 0 saturated heterocycles. The molecular formula is C8H7ClN2O2. The molecule has 0 aliphatic heterocycles. The van der Waals surface area contributed by atoms with Crippen LogP contribution in [0.1, 0.15) is 10.5 Å². The number of halogens is 1. The molecule has 4 nitrogen and oxygen atoms in total. The van der Waals surface area contributed by atoms with Gasteiger partial charge < -0.3 is 9.51 Å². The summed E-state index contributed by atoms with van der Waals surface area (Å²) in [5, 5.41) is 8.61. The Bertz CT molecular complexity index is 438. The van der Waals surface area contributed by atoms with E-state index in [0.29, 0.717) is 0 Å². The molecule has 0 amide bonds. The smallest absolute Gasteiger partial charge is 0.354 e. The molecule has 2 aromatic heterocycles. The van der Waals surface area contributed by atoms with E-state index in [0.717, 1.165) is 5.52 Å². The first kappa shape index (κ1) is 9.54. The van der Waals surface area contributed by atoms with Crippen molar-refractivity contribution in [3.05, 3.63) is 36.4 Å². The lowest BCUT2D eigenvalue weighted by Crippen LogP contribution is -2.00. The van der Waals surface area contributed by atoms with Gasteiger partial charge in [0.1, 0.15) is 6.33 Å². The lowest BCUT2D eigenvalue weighted by Gasteiger charge is -1.95. The number of hydrogen-bond donors (Lipinski definition) is 1. The molecule has 0 fully saturated rings. The zero-order valence-corrected chi connectivity index (χ0v) is 7.36. The quantitative estimate of drug-likeness (QED) is 0.755. The summed E-state index contributed by atoms with van der Waals surface area (Å²) in [7, 11) is 0. The summed E-state index contributed by atoms with van der Waals surface area (Å²) < 4.78 is 1.76. The van der Waals surface area contributed by atoms with Gasteiger partial charge in [0.2, 0.25) is 0 Å². The fraction of sp³-hybridized carbons (Fsp3) is 0. The molecule has 2 rings (SSSR count). The van der Waals surface area contributed by atoms with Gasteiger partial charge in [0.15, 0.2) is 5.69 Å². The van der Waals surface area contributed by atoms with Crippen molar-refractivity contribution >= 4 is 23.9 Å². The van der Waals surface area contributed by atoms with Crippen LogP contribution in [0.5, 0.6) is 0 Å². The van der Waals surface area contributed by atoms with E-state index in [2.05, 4.69) is 4.98 Å². The van der Waals surface area contributed by atoms with Crippen molar-refractivity contribution in [3.63, 3.8) is 0 Å². The number of carbonyl (C=O) groups is 1. The van der Waals surface area contributed by atoms with Gasteiger partial charge in [-0.25, -0.2) is 9.78 Å². The average molecular weight is 199 g/mol. The van der Waals surface area contributed by atoms with E-state index in [4.69, 9.17) is 5.11 Å². The van der Waals surface area contributed by atoms with E-state index in [9.17, 15) is 4.79 Å². The molecule has 0 saturated carbocycles. The van der Waals surface area contributed by atoms with Gasteiger partial charge in [-0.05, 0) is 18.2 Å². The maximum Gasteiger partial charge on any atom is 0.354 e. The van der Waals surface area contributed by atoms with Crippen molar-refractivity contribution in [2.75, 3.05) is 0 Å². The van der Waals surface area contributed by atoms with Gasteiger partial charge in [-0.2, -0.15) is 0 Å². The molecule has 0 radical (unpaired) electrons. The normalized spacial score (nSPS) is 9.54. The molecule has 2 aromatic rings. The first-order chi connectivity index (χ1) is 5.77. The van der Waals surface area contributed by atoms with Gasteiger partial charge >= 0.3 is 5.97 Å². The molecule has 0 atom stereocenters. The predicted molar refractivity (Wildman–Crippen MR) is 49.4 cm³/mol. The summed E-state index contributed by atoms with van der Waals surface area (Å²) in [5.74, 6) is -1.00. The lowest BCUT2D eigenvalue weighted by atomic mass is 10.3.